The number of hydrogen-bond acceptors (Lipinski definition) is 1. The Hall–Kier alpha value is -0.830. The molecule has 0 fully saturated rings. The third-order valence-corrected chi connectivity index (χ3v) is 4.17. The van der Waals surface area contributed by atoms with Gasteiger partial charge in [-0.3, -0.25) is 0 Å². The van der Waals surface area contributed by atoms with E-state index in [0.29, 0.717) is 6.04 Å². The van der Waals surface area contributed by atoms with E-state index in [1.807, 2.05) is 19.2 Å². The summed E-state index contributed by atoms with van der Waals surface area (Å²) >= 11 is 9.58. The van der Waals surface area contributed by atoms with Crippen molar-refractivity contribution in [1.29, 1.82) is 0 Å². The average molecular weight is 339 g/mol. The van der Waals surface area contributed by atoms with Gasteiger partial charge in [0.1, 0.15) is 0 Å². The van der Waals surface area contributed by atoms with Gasteiger partial charge in [0.15, 0.2) is 0 Å². The van der Waals surface area contributed by atoms with Crippen molar-refractivity contribution in [3.63, 3.8) is 0 Å². The van der Waals surface area contributed by atoms with Gasteiger partial charge in [0.05, 0.1) is 0 Å². The first-order valence-electron chi connectivity index (χ1n) is 6.37. The van der Waals surface area contributed by atoms with Gasteiger partial charge in [0.25, 0.3) is 0 Å². The first-order valence-corrected chi connectivity index (χ1v) is 7.54. The van der Waals surface area contributed by atoms with E-state index in [4.69, 9.17) is 11.6 Å². The van der Waals surface area contributed by atoms with E-state index in [2.05, 4.69) is 57.6 Å². The predicted molar refractivity (Wildman–Crippen MR) is 85.7 cm³/mol. The van der Waals surface area contributed by atoms with Crippen molar-refractivity contribution >= 4 is 27.5 Å². The highest BCUT2D eigenvalue weighted by molar-refractivity contribution is 9.10. The Labute approximate surface area is 128 Å². The highest BCUT2D eigenvalue weighted by atomic mass is 79.9. The molecule has 2 aromatic carbocycles. The Morgan fingerprint density at radius 2 is 1.89 bits per heavy atom. The molecular formula is C16H17BrClN. The van der Waals surface area contributed by atoms with Gasteiger partial charge in [0.2, 0.25) is 0 Å². The van der Waals surface area contributed by atoms with E-state index in [0.717, 1.165) is 22.3 Å². The minimum atomic E-state index is 0.326. The number of halogens is 2. The molecule has 0 saturated heterocycles. The molecule has 19 heavy (non-hydrogen) atoms. The first kappa shape index (κ1) is 14.6. The Bertz CT molecular complexity index is 528. The standard InChI is InChI=1S/C16H17BrClN/c1-19-16(10-7-12-5-3-2-4-6-12)14-9-8-13(18)11-15(14)17/h2-6,8-9,11,16,19H,7,10H2,1H3. The van der Waals surface area contributed by atoms with Gasteiger partial charge in [-0.2, -0.15) is 0 Å². The van der Waals surface area contributed by atoms with Gasteiger partial charge in [-0.25, -0.2) is 0 Å². The number of nitrogens with one attached hydrogen (secondary N) is 1. The fourth-order valence-electron chi connectivity index (χ4n) is 2.20. The monoisotopic (exact) mass is 337 g/mol. The van der Waals surface area contributed by atoms with E-state index < -0.39 is 0 Å². The molecule has 0 aliphatic carbocycles. The molecule has 0 spiro atoms. The fourth-order valence-corrected chi connectivity index (χ4v) is 3.15. The molecular weight excluding hydrogens is 322 g/mol. The maximum Gasteiger partial charge on any atom is 0.0417 e. The summed E-state index contributed by atoms with van der Waals surface area (Å²) < 4.78 is 1.06. The first-order chi connectivity index (χ1) is 9.20. The third kappa shape index (κ3) is 4.07. The van der Waals surface area contributed by atoms with Gasteiger partial charge in [-0.15, -0.1) is 0 Å². The van der Waals surface area contributed by atoms with E-state index >= 15 is 0 Å². The quantitative estimate of drug-likeness (QED) is 0.809. The molecule has 2 rings (SSSR count). The molecule has 1 unspecified atom stereocenters. The zero-order valence-electron chi connectivity index (χ0n) is 10.9. The Morgan fingerprint density at radius 3 is 2.53 bits per heavy atom. The number of rotatable bonds is 5. The third-order valence-electron chi connectivity index (χ3n) is 3.25. The maximum atomic E-state index is 5.99. The van der Waals surface area contributed by atoms with Gasteiger partial charge >= 0.3 is 0 Å². The SMILES string of the molecule is CNC(CCc1ccccc1)c1ccc(Cl)cc1Br. The van der Waals surface area contributed by atoms with Crippen LogP contribution in [0.25, 0.3) is 0 Å². The summed E-state index contributed by atoms with van der Waals surface area (Å²) in [5.41, 5.74) is 2.62. The van der Waals surface area contributed by atoms with Crippen molar-refractivity contribution in [1.82, 2.24) is 5.32 Å². The van der Waals surface area contributed by atoms with E-state index in [9.17, 15) is 0 Å². The van der Waals surface area contributed by atoms with Crippen LogP contribution in [0.1, 0.15) is 23.6 Å². The molecule has 1 N–H and O–H groups in total. The summed E-state index contributed by atoms with van der Waals surface area (Å²) in [4.78, 5) is 0. The molecule has 0 radical (unpaired) electrons. The summed E-state index contributed by atoms with van der Waals surface area (Å²) in [6, 6.07) is 16.9. The van der Waals surface area contributed by atoms with Gasteiger partial charge < -0.3 is 5.32 Å². The lowest BCUT2D eigenvalue weighted by Crippen LogP contribution is -2.17. The summed E-state index contributed by atoms with van der Waals surface area (Å²) in [6.07, 6.45) is 2.11. The normalized spacial score (nSPS) is 12.4. The lowest BCUT2D eigenvalue weighted by atomic mass is 9.99. The van der Waals surface area contributed by atoms with Crippen molar-refractivity contribution in [3.05, 3.63) is 69.2 Å². The maximum absolute atomic E-state index is 5.99. The number of aryl methyl sites for hydroxylation is 1. The molecule has 0 bridgehead atoms. The highest BCUT2D eigenvalue weighted by Gasteiger charge is 2.12. The molecule has 0 aliphatic rings. The van der Waals surface area contributed by atoms with Crippen LogP contribution in [-0.2, 0) is 6.42 Å². The summed E-state index contributed by atoms with van der Waals surface area (Å²) in [5, 5.41) is 4.13. The van der Waals surface area contributed by atoms with Crippen molar-refractivity contribution in [2.45, 2.75) is 18.9 Å². The van der Waals surface area contributed by atoms with Gasteiger partial charge in [-0.05, 0) is 43.1 Å². The Morgan fingerprint density at radius 1 is 1.16 bits per heavy atom. The van der Waals surface area contributed by atoms with Crippen LogP contribution in [0.5, 0.6) is 0 Å². The fraction of sp³-hybridized carbons (Fsp3) is 0.250. The predicted octanol–water partition coefficient (Wildman–Crippen LogP) is 5.00. The van der Waals surface area contributed by atoms with Crippen LogP contribution in [0.2, 0.25) is 5.02 Å². The lowest BCUT2D eigenvalue weighted by Gasteiger charge is -2.18. The van der Waals surface area contributed by atoms with Crippen LogP contribution >= 0.6 is 27.5 Å². The van der Waals surface area contributed by atoms with E-state index in [-0.39, 0.29) is 0 Å². The molecule has 100 valence electrons. The summed E-state index contributed by atoms with van der Waals surface area (Å²) in [7, 11) is 2.00. The summed E-state index contributed by atoms with van der Waals surface area (Å²) in [5.74, 6) is 0. The molecule has 0 aromatic heterocycles. The Kier molecular flexibility index (Phi) is 5.44. The van der Waals surface area contributed by atoms with Crippen LogP contribution in [0.4, 0.5) is 0 Å². The van der Waals surface area contributed by atoms with Crippen molar-refractivity contribution in [3.8, 4) is 0 Å². The second-order valence-corrected chi connectivity index (χ2v) is 5.82. The molecule has 0 aliphatic heterocycles. The van der Waals surface area contributed by atoms with Crippen LogP contribution < -0.4 is 5.32 Å². The topological polar surface area (TPSA) is 12.0 Å². The van der Waals surface area contributed by atoms with Crippen molar-refractivity contribution < 1.29 is 0 Å². The molecule has 2 aromatic rings. The van der Waals surface area contributed by atoms with Crippen molar-refractivity contribution in [2.24, 2.45) is 0 Å². The smallest absolute Gasteiger partial charge is 0.0417 e. The van der Waals surface area contributed by atoms with Crippen LogP contribution in [-0.4, -0.2) is 7.05 Å². The van der Waals surface area contributed by atoms with Crippen LogP contribution in [0.15, 0.2) is 53.0 Å². The molecule has 0 amide bonds. The average Bonchev–Trinajstić information content (AvgIpc) is 2.42. The van der Waals surface area contributed by atoms with Crippen LogP contribution in [0, 0.1) is 0 Å². The zero-order valence-corrected chi connectivity index (χ0v) is 13.2. The lowest BCUT2D eigenvalue weighted by molar-refractivity contribution is 0.547. The second-order valence-electron chi connectivity index (χ2n) is 4.53. The van der Waals surface area contributed by atoms with Crippen molar-refractivity contribution in [2.75, 3.05) is 7.05 Å². The number of hydrogen-bond donors (Lipinski definition) is 1. The van der Waals surface area contributed by atoms with Gasteiger partial charge in [-0.1, -0.05) is 63.9 Å². The molecule has 3 heteroatoms. The minimum absolute atomic E-state index is 0.326. The molecule has 1 atom stereocenters. The minimum Gasteiger partial charge on any atom is -0.313 e. The summed E-state index contributed by atoms with van der Waals surface area (Å²) in [6.45, 7) is 0. The van der Waals surface area contributed by atoms with E-state index in [1.54, 1.807) is 0 Å². The Balaban J connectivity index is 2.08. The number of benzene rings is 2. The highest BCUT2D eigenvalue weighted by Crippen LogP contribution is 2.29. The zero-order chi connectivity index (χ0) is 13.7. The second kappa shape index (κ2) is 7.09. The largest absolute Gasteiger partial charge is 0.313 e. The molecule has 0 saturated carbocycles. The van der Waals surface area contributed by atoms with E-state index in [1.165, 1.54) is 11.1 Å². The molecule has 1 nitrogen and oxygen atoms in total. The molecule has 0 heterocycles. The van der Waals surface area contributed by atoms with Crippen LogP contribution in [0.3, 0.4) is 0 Å². The van der Waals surface area contributed by atoms with Gasteiger partial charge in [0, 0.05) is 15.5 Å².